The Labute approximate surface area is 172 Å². The number of hydrogen-bond acceptors (Lipinski definition) is 4. The normalized spacial score (nSPS) is 18.5. The summed E-state index contributed by atoms with van der Waals surface area (Å²) in [4.78, 5) is 19.7. The van der Waals surface area contributed by atoms with Crippen molar-refractivity contribution in [3.8, 4) is 0 Å². The van der Waals surface area contributed by atoms with Crippen LogP contribution in [-0.2, 0) is 6.42 Å². The molecule has 2 aromatic carbocycles. The molecular formula is C23H29FN4O. The highest BCUT2D eigenvalue weighted by atomic mass is 19.1. The van der Waals surface area contributed by atoms with E-state index in [2.05, 4.69) is 52.3 Å². The summed E-state index contributed by atoms with van der Waals surface area (Å²) in [5.74, 6) is -0.495. The first kappa shape index (κ1) is 19.9. The van der Waals surface area contributed by atoms with Crippen LogP contribution in [0, 0.1) is 5.82 Å². The Hall–Kier alpha value is -2.44. The third-order valence-corrected chi connectivity index (χ3v) is 6.16. The van der Waals surface area contributed by atoms with Crippen LogP contribution in [0.1, 0.15) is 27.5 Å². The van der Waals surface area contributed by atoms with Crippen molar-refractivity contribution in [1.82, 2.24) is 15.1 Å². The third-order valence-electron chi connectivity index (χ3n) is 6.16. The van der Waals surface area contributed by atoms with Crippen LogP contribution in [0.2, 0.25) is 0 Å². The summed E-state index contributed by atoms with van der Waals surface area (Å²) in [6, 6.07) is 12.6. The lowest BCUT2D eigenvalue weighted by Crippen LogP contribution is -2.48. The molecule has 1 fully saturated rings. The number of halogens is 1. The summed E-state index contributed by atoms with van der Waals surface area (Å²) in [7, 11) is 4.28. The van der Waals surface area contributed by atoms with Gasteiger partial charge in [0.1, 0.15) is 5.82 Å². The molecule has 1 saturated heterocycles. The van der Waals surface area contributed by atoms with Crippen LogP contribution in [0.25, 0.3) is 0 Å². The summed E-state index contributed by atoms with van der Waals surface area (Å²) in [6.07, 6.45) is 1.07. The first-order valence-electron chi connectivity index (χ1n) is 10.3. The van der Waals surface area contributed by atoms with Gasteiger partial charge in [0.05, 0.1) is 6.04 Å². The van der Waals surface area contributed by atoms with Gasteiger partial charge in [-0.25, -0.2) is 4.39 Å². The second-order valence-electron chi connectivity index (χ2n) is 8.13. The van der Waals surface area contributed by atoms with Crippen LogP contribution in [0.5, 0.6) is 0 Å². The highest BCUT2D eigenvalue weighted by molar-refractivity contribution is 5.94. The quantitative estimate of drug-likeness (QED) is 0.843. The predicted octanol–water partition coefficient (Wildman–Crippen LogP) is 2.54. The zero-order valence-corrected chi connectivity index (χ0v) is 17.2. The molecule has 1 N–H and O–H groups in total. The molecule has 6 heteroatoms. The molecule has 0 radical (unpaired) electrons. The number of piperazine rings is 1. The Morgan fingerprint density at radius 1 is 1.03 bits per heavy atom. The van der Waals surface area contributed by atoms with Crippen molar-refractivity contribution in [3.05, 3.63) is 65.0 Å². The molecule has 29 heavy (non-hydrogen) atoms. The van der Waals surface area contributed by atoms with Gasteiger partial charge < -0.3 is 15.1 Å². The monoisotopic (exact) mass is 396 g/mol. The molecular weight excluding hydrogens is 367 g/mol. The molecule has 0 aromatic heterocycles. The fourth-order valence-electron chi connectivity index (χ4n) is 4.28. The number of benzene rings is 2. The van der Waals surface area contributed by atoms with Gasteiger partial charge in [0.15, 0.2) is 0 Å². The maximum atomic E-state index is 13.2. The topological polar surface area (TPSA) is 38.8 Å². The van der Waals surface area contributed by atoms with Crippen molar-refractivity contribution >= 4 is 11.6 Å². The Morgan fingerprint density at radius 3 is 2.48 bits per heavy atom. The number of nitrogens with one attached hydrogen (secondary N) is 1. The maximum absolute atomic E-state index is 13.2. The highest BCUT2D eigenvalue weighted by Gasteiger charge is 2.26. The fourth-order valence-corrected chi connectivity index (χ4v) is 4.28. The molecule has 0 saturated carbocycles. The minimum Gasteiger partial charge on any atom is -0.374 e. The lowest BCUT2D eigenvalue weighted by molar-refractivity contribution is 0.0886. The SMILES string of the molecule is CN1CCN([C@H](CNC(=O)c2ccc(F)cc2)c2ccc3c(c2)CCN3C)CC1. The van der Waals surface area contributed by atoms with Crippen molar-refractivity contribution in [2.75, 3.05) is 58.3 Å². The maximum Gasteiger partial charge on any atom is 0.251 e. The summed E-state index contributed by atoms with van der Waals surface area (Å²) >= 11 is 0. The van der Waals surface area contributed by atoms with E-state index in [9.17, 15) is 9.18 Å². The van der Waals surface area contributed by atoms with Gasteiger partial charge in [-0.3, -0.25) is 9.69 Å². The number of anilines is 1. The number of carbonyl (C=O) groups is 1. The second kappa shape index (κ2) is 8.51. The molecule has 0 bridgehead atoms. The predicted molar refractivity (Wildman–Crippen MR) is 114 cm³/mol. The molecule has 0 spiro atoms. The van der Waals surface area contributed by atoms with Crippen LogP contribution >= 0.6 is 0 Å². The van der Waals surface area contributed by atoms with Gasteiger partial charge >= 0.3 is 0 Å². The number of amides is 1. The molecule has 0 aliphatic carbocycles. The van der Waals surface area contributed by atoms with Crippen molar-refractivity contribution in [2.24, 2.45) is 0 Å². The minimum atomic E-state index is -0.333. The van der Waals surface area contributed by atoms with E-state index in [1.165, 1.54) is 41.1 Å². The molecule has 2 aliphatic heterocycles. The van der Waals surface area contributed by atoms with Gasteiger partial charge in [0.2, 0.25) is 0 Å². The van der Waals surface area contributed by atoms with E-state index in [1.54, 1.807) is 0 Å². The van der Waals surface area contributed by atoms with Gasteiger partial charge in [-0.15, -0.1) is 0 Å². The van der Waals surface area contributed by atoms with Gasteiger partial charge in [-0.1, -0.05) is 12.1 Å². The molecule has 2 aromatic rings. The second-order valence-corrected chi connectivity index (χ2v) is 8.13. The first-order valence-corrected chi connectivity index (χ1v) is 10.3. The molecule has 5 nitrogen and oxygen atoms in total. The van der Waals surface area contributed by atoms with E-state index in [0.717, 1.165) is 39.1 Å². The number of rotatable bonds is 5. The number of fused-ring (bicyclic) bond motifs is 1. The Bertz CT molecular complexity index is 862. The smallest absolute Gasteiger partial charge is 0.251 e. The summed E-state index contributed by atoms with van der Waals surface area (Å²) in [6.45, 7) is 5.59. The fraction of sp³-hybridized carbons (Fsp3) is 0.435. The zero-order chi connectivity index (χ0) is 20.4. The largest absolute Gasteiger partial charge is 0.374 e. The molecule has 0 unspecified atom stereocenters. The van der Waals surface area contributed by atoms with Crippen molar-refractivity contribution in [1.29, 1.82) is 0 Å². The van der Waals surface area contributed by atoms with Crippen LogP contribution in [0.15, 0.2) is 42.5 Å². The average molecular weight is 397 g/mol. The van der Waals surface area contributed by atoms with Gasteiger partial charge in [0, 0.05) is 57.6 Å². The standard InChI is InChI=1S/C23H29FN4O/c1-26-11-13-28(14-12-26)22(16-25-23(29)17-3-6-20(24)7-4-17)18-5-8-21-19(15-18)9-10-27(21)2/h3-8,15,22H,9-14,16H2,1-2H3,(H,25,29)/t22-/m1/s1. The number of nitrogens with zero attached hydrogens (tertiary/aromatic N) is 3. The van der Waals surface area contributed by atoms with E-state index in [4.69, 9.17) is 0 Å². The van der Waals surface area contributed by atoms with Crippen LogP contribution in [0.4, 0.5) is 10.1 Å². The molecule has 1 amide bonds. The van der Waals surface area contributed by atoms with Gasteiger partial charge in [-0.05, 0) is 54.9 Å². The molecule has 1 atom stereocenters. The molecule has 154 valence electrons. The molecule has 2 aliphatic rings. The summed E-state index contributed by atoms with van der Waals surface area (Å²) in [5, 5.41) is 3.07. The summed E-state index contributed by atoms with van der Waals surface area (Å²) in [5.41, 5.74) is 4.43. The Balaban J connectivity index is 1.52. The van der Waals surface area contributed by atoms with Crippen LogP contribution < -0.4 is 10.2 Å². The summed E-state index contributed by atoms with van der Waals surface area (Å²) < 4.78 is 13.2. The van der Waals surface area contributed by atoms with Crippen LogP contribution in [-0.4, -0.2) is 69.1 Å². The third kappa shape index (κ3) is 4.43. The van der Waals surface area contributed by atoms with E-state index >= 15 is 0 Å². The van der Waals surface area contributed by atoms with Crippen LogP contribution in [0.3, 0.4) is 0 Å². The van der Waals surface area contributed by atoms with E-state index in [1.807, 2.05) is 0 Å². The van der Waals surface area contributed by atoms with Gasteiger partial charge in [-0.2, -0.15) is 0 Å². The minimum absolute atomic E-state index is 0.129. The zero-order valence-electron chi connectivity index (χ0n) is 17.2. The lowest BCUT2D eigenvalue weighted by atomic mass is 10.00. The van der Waals surface area contributed by atoms with Crippen molar-refractivity contribution < 1.29 is 9.18 Å². The Kier molecular flexibility index (Phi) is 5.83. The van der Waals surface area contributed by atoms with Crippen molar-refractivity contribution in [3.63, 3.8) is 0 Å². The first-order chi connectivity index (χ1) is 14.0. The lowest BCUT2D eigenvalue weighted by Gasteiger charge is -2.38. The molecule has 2 heterocycles. The number of likely N-dealkylation sites (N-methyl/N-ethyl adjacent to an activating group) is 2. The number of hydrogen-bond donors (Lipinski definition) is 1. The number of carbonyl (C=O) groups excluding carboxylic acids is 1. The van der Waals surface area contributed by atoms with Crippen molar-refractivity contribution in [2.45, 2.75) is 12.5 Å². The van der Waals surface area contributed by atoms with E-state index < -0.39 is 0 Å². The molecule has 4 rings (SSSR count). The average Bonchev–Trinajstić information content (AvgIpc) is 3.10. The highest BCUT2D eigenvalue weighted by Crippen LogP contribution is 2.31. The Morgan fingerprint density at radius 2 is 1.76 bits per heavy atom. The van der Waals surface area contributed by atoms with Gasteiger partial charge in [0.25, 0.3) is 5.91 Å². The van der Waals surface area contributed by atoms with E-state index in [0.29, 0.717) is 12.1 Å². The van der Waals surface area contributed by atoms with E-state index in [-0.39, 0.29) is 17.8 Å².